The van der Waals surface area contributed by atoms with Gasteiger partial charge in [-0.25, -0.2) is 0 Å². The number of aryl methyl sites for hydroxylation is 1. The largest absolute Gasteiger partial charge is 0.393 e. The summed E-state index contributed by atoms with van der Waals surface area (Å²) in [5, 5.41) is 19.5. The second-order valence-electron chi connectivity index (χ2n) is 7.09. The third-order valence-corrected chi connectivity index (χ3v) is 4.72. The molecule has 138 valence electrons. The van der Waals surface area contributed by atoms with Gasteiger partial charge in [-0.1, -0.05) is 51.3 Å². The Morgan fingerprint density at radius 2 is 1.62 bits per heavy atom. The van der Waals surface area contributed by atoms with Crippen molar-refractivity contribution in [2.24, 2.45) is 0 Å². The maximum Gasteiger partial charge on any atom is 0.113 e. The molecule has 1 heterocycles. The summed E-state index contributed by atoms with van der Waals surface area (Å²) in [6.45, 7) is 4.33. The summed E-state index contributed by atoms with van der Waals surface area (Å²) >= 11 is 0. The lowest BCUT2D eigenvalue weighted by atomic mass is 9.99. The van der Waals surface area contributed by atoms with E-state index in [1.165, 1.54) is 24.8 Å². The topological polar surface area (TPSA) is 50.9 Å². The Kier molecular flexibility index (Phi) is 6.40. The van der Waals surface area contributed by atoms with Crippen LogP contribution >= 0.6 is 0 Å². The lowest BCUT2D eigenvalue weighted by Gasteiger charge is -2.13. The van der Waals surface area contributed by atoms with Crippen molar-refractivity contribution < 1.29 is 5.11 Å². The monoisotopic (exact) mass is 351 g/mol. The number of nitrogens with zero attached hydrogens (tertiary/aromatic N) is 3. The van der Waals surface area contributed by atoms with Crippen LogP contribution in [0.5, 0.6) is 0 Å². The van der Waals surface area contributed by atoms with Gasteiger partial charge in [-0.2, -0.15) is 4.80 Å². The van der Waals surface area contributed by atoms with Gasteiger partial charge < -0.3 is 5.11 Å². The summed E-state index contributed by atoms with van der Waals surface area (Å²) in [5.41, 5.74) is 5.24. The molecule has 0 amide bonds. The maximum absolute atomic E-state index is 10.2. The van der Waals surface area contributed by atoms with E-state index >= 15 is 0 Å². The summed E-state index contributed by atoms with van der Waals surface area (Å²) < 4.78 is 0. The number of benzene rings is 2. The average molecular weight is 351 g/mol. The summed E-state index contributed by atoms with van der Waals surface area (Å²) in [6, 6.07) is 14.5. The van der Waals surface area contributed by atoms with Crippen LogP contribution in [-0.2, 0) is 12.8 Å². The summed E-state index contributed by atoms with van der Waals surface area (Å²) in [4.78, 5) is 1.73. The van der Waals surface area contributed by atoms with Crippen molar-refractivity contribution in [1.29, 1.82) is 0 Å². The molecule has 2 aromatic carbocycles. The molecule has 0 aliphatic carbocycles. The highest BCUT2D eigenvalue weighted by molar-refractivity contribution is 5.73. The number of rotatable bonds is 9. The van der Waals surface area contributed by atoms with Crippen LogP contribution < -0.4 is 0 Å². The molecule has 0 saturated heterocycles. The van der Waals surface area contributed by atoms with Crippen molar-refractivity contribution in [3.8, 4) is 5.69 Å². The molecule has 1 atom stereocenters. The van der Waals surface area contributed by atoms with Gasteiger partial charge in [-0.15, -0.1) is 10.2 Å². The van der Waals surface area contributed by atoms with Crippen molar-refractivity contribution in [3.63, 3.8) is 0 Å². The van der Waals surface area contributed by atoms with E-state index in [1.54, 1.807) is 4.80 Å². The molecular weight excluding hydrogens is 322 g/mol. The van der Waals surface area contributed by atoms with E-state index in [9.17, 15) is 5.11 Å². The van der Waals surface area contributed by atoms with Crippen LogP contribution in [0.4, 0.5) is 0 Å². The van der Waals surface area contributed by atoms with E-state index in [1.807, 2.05) is 24.3 Å². The molecule has 0 aliphatic heterocycles. The normalized spacial score (nSPS) is 12.6. The molecule has 1 aromatic heterocycles. The number of fused-ring (bicyclic) bond motifs is 1. The second kappa shape index (κ2) is 8.95. The number of hydrogen-bond donors (Lipinski definition) is 1. The van der Waals surface area contributed by atoms with Crippen LogP contribution in [0.2, 0.25) is 0 Å². The van der Waals surface area contributed by atoms with Crippen LogP contribution in [0.1, 0.15) is 57.1 Å². The van der Waals surface area contributed by atoms with Crippen molar-refractivity contribution >= 4 is 11.0 Å². The molecular formula is C22H29N3O. The Hall–Kier alpha value is -2.20. The Labute approximate surface area is 155 Å². The van der Waals surface area contributed by atoms with Gasteiger partial charge in [0.2, 0.25) is 0 Å². The van der Waals surface area contributed by atoms with Crippen LogP contribution in [0.25, 0.3) is 16.7 Å². The molecule has 4 nitrogen and oxygen atoms in total. The molecule has 0 aliphatic rings. The zero-order chi connectivity index (χ0) is 18.4. The minimum Gasteiger partial charge on any atom is -0.393 e. The lowest BCUT2D eigenvalue weighted by Crippen LogP contribution is -2.11. The van der Waals surface area contributed by atoms with E-state index in [0.29, 0.717) is 6.42 Å². The van der Waals surface area contributed by atoms with Gasteiger partial charge in [0, 0.05) is 0 Å². The van der Waals surface area contributed by atoms with Gasteiger partial charge in [0.05, 0.1) is 11.8 Å². The zero-order valence-corrected chi connectivity index (χ0v) is 15.9. The average Bonchev–Trinajstić information content (AvgIpc) is 3.06. The highest BCUT2D eigenvalue weighted by Crippen LogP contribution is 2.19. The third kappa shape index (κ3) is 4.70. The van der Waals surface area contributed by atoms with E-state index in [-0.39, 0.29) is 6.10 Å². The maximum atomic E-state index is 10.2. The van der Waals surface area contributed by atoms with Gasteiger partial charge in [-0.3, -0.25) is 0 Å². The van der Waals surface area contributed by atoms with Gasteiger partial charge >= 0.3 is 0 Å². The predicted octanol–water partition coefficient (Wildman–Crippen LogP) is 4.86. The van der Waals surface area contributed by atoms with Crippen molar-refractivity contribution in [2.45, 2.75) is 64.9 Å². The van der Waals surface area contributed by atoms with Gasteiger partial charge in [0.25, 0.3) is 0 Å². The van der Waals surface area contributed by atoms with E-state index in [0.717, 1.165) is 41.5 Å². The fraction of sp³-hybridized carbons (Fsp3) is 0.455. The second-order valence-corrected chi connectivity index (χ2v) is 7.09. The highest BCUT2D eigenvalue weighted by Gasteiger charge is 2.10. The summed E-state index contributed by atoms with van der Waals surface area (Å²) in [7, 11) is 0. The van der Waals surface area contributed by atoms with Crippen molar-refractivity contribution in [1.82, 2.24) is 15.0 Å². The number of aromatic nitrogens is 3. The van der Waals surface area contributed by atoms with E-state index < -0.39 is 0 Å². The molecule has 1 N–H and O–H groups in total. The number of aliphatic hydroxyl groups excluding tert-OH is 1. The van der Waals surface area contributed by atoms with Crippen LogP contribution in [0.3, 0.4) is 0 Å². The molecule has 1 unspecified atom stereocenters. The molecule has 0 saturated carbocycles. The fourth-order valence-electron chi connectivity index (χ4n) is 3.38. The Morgan fingerprint density at radius 1 is 0.923 bits per heavy atom. The molecule has 3 aromatic rings. The summed E-state index contributed by atoms with van der Waals surface area (Å²) in [5.74, 6) is 0. The van der Waals surface area contributed by atoms with E-state index in [2.05, 4.69) is 42.2 Å². The Bertz CT molecular complexity index is 807. The first kappa shape index (κ1) is 18.6. The number of unbranched alkanes of at least 4 members (excludes halogenated alkanes) is 2. The molecule has 26 heavy (non-hydrogen) atoms. The molecule has 0 spiro atoms. The number of aliphatic hydroxyl groups is 1. The molecule has 3 rings (SSSR count). The van der Waals surface area contributed by atoms with Crippen LogP contribution in [0.15, 0.2) is 42.5 Å². The third-order valence-electron chi connectivity index (χ3n) is 4.72. The first-order valence-corrected chi connectivity index (χ1v) is 9.83. The highest BCUT2D eigenvalue weighted by atomic mass is 16.3. The van der Waals surface area contributed by atoms with Gasteiger partial charge in [-0.05, 0) is 61.1 Å². The quantitative estimate of drug-likeness (QED) is 0.560. The van der Waals surface area contributed by atoms with Crippen molar-refractivity contribution in [2.75, 3.05) is 0 Å². The Morgan fingerprint density at radius 3 is 2.27 bits per heavy atom. The molecule has 0 fully saturated rings. The van der Waals surface area contributed by atoms with Gasteiger partial charge in [0.1, 0.15) is 11.0 Å². The molecule has 4 heteroatoms. The lowest BCUT2D eigenvalue weighted by molar-refractivity contribution is 0.164. The minimum absolute atomic E-state index is 0.289. The standard InChI is InChI=1S/C22H29N3O/c1-3-5-6-10-17-13-18(16-20(26)9-4-2)15-19(14-17)25-23-21-11-7-8-12-22(21)24-25/h7-8,11-15,20,26H,3-6,9-10,16H2,1-2H3. The van der Waals surface area contributed by atoms with Crippen molar-refractivity contribution in [3.05, 3.63) is 53.6 Å². The zero-order valence-electron chi connectivity index (χ0n) is 15.9. The van der Waals surface area contributed by atoms with Crippen LogP contribution in [0, 0.1) is 0 Å². The molecule has 0 bridgehead atoms. The Balaban J connectivity index is 1.92. The fourth-order valence-corrected chi connectivity index (χ4v) is 3.38. The molecule has 0 radical (unpaired) electrons. The van der Waals surface area contributed by atoms with E-state index in [4.69, 9.17) is 0 Å². The minimum atomic E-state index is -0.289. The first-order valence-electron chi connectivity index (χ1n) is 9.83. The number of hydrogen-bond acceptors (Lipinski definition) is 3. The summed E-state index contributed by atoms with van der Waals surface area (Å²) in [6.07, 6.45) is 6.92. The van der Waals surface area contributed by atoms with Crippen LogP contribution in [-0.4, -0.2) is 26.2 Å². The smallest absolute Gasteiger partial charge is 0.113 e. The predicted molar refractivity (Wildman–Crippen MR) is 107 cm³/mol. The first-order chi connectivity index (χ1) is 12.7. The SMILES string of the molecule is CCCCCc1cc(CC(O)CCC)cc(-n2nc3ccccc3n2)c1. The van der Waals surface area contributed by atoms with Gasteiger partial charge in [0.15, 0.2) is 0 Å².